The minimum absolute atomic E-state index is 0.0703. The van der Waals surface area contributed by atoms with Gasteiger partial charge in [0.1, 0.15) is 11.5 Å². The fraction of sp³-hybridized carbons (Fsp3) is 0. The Bertz CT molecular complexity index is 667. The molecule has 102 valence electrons. The molecule has 0 saturated carbocycles. The Morgan fingerprint density at radius 3 is 2.20 bits per heavy atom. The van der Waals surface area contributed by atoms with E-state index in [0.29, 0.717) is 21.0 Å². The normalized spacial score (nSPS) is 10.1. The van der Waals surface area contributed by atoms with Crippen molar-refractivity contribution in [3.63, 3.8) is 0 Å². The first-order chi connectivity index (χ1) is 9.47. The Morgan fingerprint density at radius 1 is 1.05 bits per heavy atom. The molecular formula is C14H8BrClO4. The van der Waals surface area contributed by atoms with Gasteiger partial charge < -0.3 is 9.84 Å². The summed E-state index contributed by atoms with van der Waals surface area (Å²) in [5, 5.41) is 9.27. The molecular weight excluding hydrogens is 348 g/mol. The van der Waals surface area contributed by atoms with Crippen molar-refractivity contribution in [3.05, 3.63) is 57.5 Å². The third kappa shape index (κ3) is 3.37. The van der Waals surface area contributed by atoms with E-state index < -0.39 is 11.8 Å². The van der Waals surface area contributed by atoms with Crippen LogP contribution in [0.4, 0.5) is 0 Å². The van der Waals surface area contributed by atoms with Gasteiger partial charge in [0.2, 0.25) is 0 Å². The molecule has 0 heterocycles. The molecule has 0 aromatic heterocycles. The number of aliphatic carboxylic acids is 1. The van der Waals surface area contributed by atoms with E-state index in [4.69, 9.17) is 21.4 Å². The summed E-state index contributed by atoms with van der Waals surface area (Å²) in [7, 11) is 0. The third-order valence-electron chi connectivity index (χ3n) is 2.43. The zero-order valence-corrected chi connectivity index (χ0v) is 12.3. The van der Waals surface area contributed by atoms with Gasteiger partial charge in [-0.1, -0.05) is 11.6 Å². The lowest BCUT2D eigenvalue weighted by Crippen LogP contribution is -2.13. The number of hydrogen-bond donors (Lipinski definition) is 1. The predicted molar refractivity (Wildman–Crippen MR) is 77.6 cm³/mol. The summed E-state index contributed by atoms with van der Waals surface area (Å²) in [5.74, 6) is -1.42. The molecule has 0 saturated heterocycles. The largest absolute Gasteiger partial charge is 0.475 e. The number of rotatable bonds is 4. The summed E-state index contributed by atoms with van der Waals surface area (Å²) in [6, 6.07) is 11.2. The summed E-state index contributed by atoms with van der Waals surface area (Å²) in [6.07, 6.45) is 0. The fourth-order valence-electron chi connectivity index (χ4n) is 1.50. The highest BCUT2D eigenvalue weighted by molar-refractivity contribution is 9.10. The summed E-state index contributed by atoms with van der Waals surface area (Å²) < 4.78 is 5.92. The summed E-state index contributed by atoms with van der Waals surface area (Å²) >= 11 is 8.92. The first-order valence-electron chi connectivity index (χ1n) is 5.48. The molecule has 0 unspecified atom stereocenters. The summed E-state index contributed by atoms with van der Waals surface area (Å²) in [6.45, 7) is 0. The molecule has 20 heavy (non-hydrogen) atoms. The Balaban J connectivity index is 2.23. The molecule has 0 radical (unpaired) electrons. The molecule has 0 spiro atoms. The SMILES string of the molecule is O=C(O)C(=O)c1ccc(Oc2ccc(Cl)cc2)cc1Br. The third-order valence-corrected chi connectivity index (χ3v) is 3.34. The molecule has 2 rings (SSSR count). The molecule has 1 N–H and O–H groups in total. The molecule has 0 aliphatic rings. The molecule has 0 aliphatic carbocycles. The van der Waals surface area contributed by atoms with Gasteiger partial charge in [-0.15, -0.1) is 0 Å². The van der Waals surface area contributed by atoms with Crippen molar-refractivity contribution in [2.24, 2.45) is 0 Å². The second kappa shape index (κ2) is 6.07. The number of carbonyl (C=O) groups excluding carboxylic acids is 1. The van der Waals surface area contributed by atoms with Gasteiger partial charge in [-0.2, -0.15) is 0 Å². The number of benzene rings is 2. The van der Waals surface area contributed by atoms with Crippen LogP contribution in [0.15, 0.2) is 46.9 Å². The molecule has 0 bridgehead atoms. The van der Waals surface area contributed by atoms with Crippen LogP contribution in [0.25, 0.3) is 0 Å². The maximum Gasteiger partial charge on any atom is 0.377 e. The highest BCUT2D eigenvalue weighted by Crippen LogP contribution is 2.28. The van der Waals surface area contributed by atoms with E-state index in [0.717, 1.165) is 0 Å². The number of carboxylic acids is 1. The monoisotopic (exact) mass is 354 g/mol. The van der Waals surface area contributed by atoms with Crippen LogP contribution in [0.3, 0.4) is 0 Å². The molecule has 0 amide bonds. The maximum absolute atomic E-state index is 11.4. The topological polar surface area (TPSA) is 63.6 Å². The lowest BCUT2D eigenvalue weighted by Gasteiger charge is -2.07. The van der Waals surface area contributed by atoms with Crippen LogP contribution in [0.1, 0.15) is 10.4 Å². The Morgan fingerprint density at radius 2 is 1.65 bits per heavy atom. The minimum atomic E-state index is -1.50. The van der Waals surface area contributed by atoms with E-state index in [1.807, 2.05) is 0 Å². The second-order valence-electron chi connectivity index (χ2n) is 3.83. The maximum atomic E-state index is 11.4. The smallest absolute Gasteiger partial charge is 0.377 e. The number of ether oxygens (including phenoxy) is 1. The van der Waals surface area contributed by atoms with Crippen LogP contribution < -0.4 is 4.74 Å². The highest BCUT2D eigenvalue weighted by Gasteiger charge is 2.18. The predicted octanol–water partition coefficient (Wildman–Crippen LogP) is 4.16. The Hall–Kier alpha value is -1.85. The average molecular weight is 356 g/mol. The number of hydrogen-bond acceptors (Lipinski definition) is 3. The molecule has 2 aromatic carbocycles. The first kappa shape index (κ1) is 14.6. The van der Waals surface area contributed by atoms with Gasteiger partial charge in [0.15, 0.2) is 0 Å². The molecule has 0 fully saturated rings. The molecule has 4 nitrogen and oxygen atoms in total. The lowest BCUT2D eigenvalue weighted by molar-refractivity contribution is -0.131. The Labute approximate surface area is 128 Å². The van der Waals surface area contributed by atoms with Gasteiger partial charge in [-0.3, -0.25) is 4.79 Å². The van der Waals surface area contributed by atoms with Crippen molar-refractivity contribution in [3.8, 4) is 11.5 Å². The van der Waals surface area contributed by atoms with Crippen LogP contribution in [-0.2, 0) is 4.79 Å². The standard InChI is InChI=1S/C14H8BrClO4/c15-12-7-10(5-6-11(12)13(17)14(18)19)20-9-3-1-8(16)2-4-9/h1-7H,(H,18,19). The molecule has 6 heteroatoms. The molecule has 0 atom stereocenters. The average Bonchev–Trinajstić information content (AvgIpc) is 2.41. The van der Waals surface area contributed by atoms with E-state index in [9.17, 15) is 9.59 Å². The van der Waals surface area contributed by atoms with E-state index in [-0.39, 0.29) is 5.56 Å². The van der Waals surface area contributed by atoms with Gasteiger partial charge in [0.05, 0.1) is 0 Å². The van der Waals surface area contributed by atoms with Gasteiger partial charge >= 0.3 is 5.97 Å². The van der Waals surface area contributed by atoms with Gasteiger partial charge in [-0.25, -0.2) is 4.79 Å². The number of carbonyl (C=O) groups is 2. The minimum Gasteiger partial charge on any atom is -0.475 e. The van der Waals surface area contributed by atoms with Crippen LogP contribution in [-0.4, -0.2) is 16.9 Å². The van der Waals surface area contributed by atoms with Crippen molar-refractivity contribution in [1.82, 2.24) is 0 Å². The quantitative estimate of drug-likeness (QED) is 0.660. The van der Waals surface area contributed by atoms with Gasteiger partial charge in [-0.05, 0) is 58.4 Å². The van der Waals surface area contributed by atoms with E-state index in [1.165, 1.54) is 18.2 Å². The van der Waals surface area contributed by atoms with Crippen molar-refractivity contribution in [2.75, 3.05) is 0 Å². The zero-order valence-electron chi connectivity index (χ0n) is 9.97. The van der Waals surface area contributed by atoms with E-state index in [2.05, 4.69) is 15.9 Å². The molecule has 0 aliphatic heterocycles. The fourth-order valence-corrected chi connectivity index (χ4v) is 2.16. The number of Topliss-reactive ketones (excluding diaryl/α,β-unsaturated/α-hetero) is 1. The van der Waals surface area contributed by atoms with Crippen LogP contribution in [0.2, 0.25) is 5.02 Å². The van der Waals surface area contributed by atoms with E-state index in [1.54, 1.807) is 24.3 Å². The number of halogens is 2. The van der Waals surface area contributed by atoms with Crippen molar-refractivity contribution in [1.29, 1.82) is 0 Å². The second-order valence-corrected chi connectivity index (χ2v) is 5.12. The van der Waals surface area contributed by atoms with Crippen LogP contribution in [0.5, 0.6) is 11.5 Å². The van der Waals surface area contributed by atoms with Gasteiger partial charge in [0, 0.05) is 15.1 Å². The lowest BCUT2D eigenvalue weighted by atomic mass is 10.1. The van der Waals surface area contributed by atoms with Crippen LogP contribution in [0, 0.1) is 0 Å². The van der Waals surface area contributed by atoms with Crippen molar-refractivity contribution < 1.29 is 19.4 Å². The summed E-state index contributed by atoms with van der Waals surface area (Å²) in [5.41, 5.74) is 0.0703. The van der Waals surface area contributed by atoms with E-state index >= 15 is 0 Å². The van der Waals surface area contributed by atoms with Crippen LogP contribution >= 0.6 is 27.5 Å². The van der Waals surface area contributed by atoms with Crippen molar-refractivity contribution in [2.45, 2.75) is 0 Å². The van der Waals surface area contributed by atoms with Crippen molar-refractivity contribution >= 4 is 39.3 Å². The number of carboxylic acid groups (broad SMARTS) is 1. The molecule has 2 aromatic rings. The highest BCUT2D eigenvalue weighted by atomic mass is 79.9. The Kier molecular flexibility index (Phi) is 4.42. The van der Waals surface area contributed by atoms with Gasteiger partial charge in [0.25, 0.3) is 5.78 Å². The summed E-state index contributed by atoms with van der Waals surface area (Å²) in [4.78, 5) is 22.0. The number of ketones is 1. The first-order valence-corrected chi connectivity index (χ1v) is 6.65. The zero-order chi connectivity index (χ0) is 14.7.